The Kier molecular flexibility index (Phi) is 4.35. The summed E-state index contributed by atoms with van der Waals surface area (Å²) in [5.41, 5.74) is 0.534. The number of para-hydroxylation sites is 2. The van der Waals surface area contributed by atoms with Crippen LogP contribution >= 0.6 is 0 Å². The first-order valence-electron chi connectivity index (χ1n) is 6.11. The number of ether oxygens (including phenoxy) is 1. The van der Waals surface area contributed by atoms with E-state index in [0.29, 0.717) is 11.4 Å². The van der Waals surface area contributed by atoms with Crippen LogP contribution in [0.2, 0.25) is 0 Å². The van der Waals surface area contributed by atoms with Gasteiger partial charge in [0.25, 0.3) is 0 Å². The number of nitriles is 1. The number of carbonyl (C=O) groups is 1. The number of aromatic nitrogens is 2. The predicted octanol–water partition coefficient (Wildman–Crippen LogP) is 1.99. The lowest BCUT2D eigenvalue weighted by atomic mass is 10.2. The van der Waals surface area contributed by atoms with Crippen LogP contribution in [0, 0.1) is 11.3 Å². The van der Waals surface area contributed by atoms with E-state index < -0.39 is 6.04 Å². The largest absolute Gasteiger partial charge is 0.477 e. The molecule has 0 spiro atoms. The fourth-order valence-corrected chi connectivity index (χ4v) is 1.67. The van der Waals surface area contributed by atoms with Crippen LogP contribution in [0.3, 0.4) is 0 Å². The van der Waals surface area contributed by atoms with Gasteiger partial charge in [-0.05, 0) is 25.1 Å². The van der Waals surface area contributed by atoms with Crippen LogP contribution in [0.5, 0.6) is 5.75 Å². The fraction of sp³-hybridized carbons (Fsp3) is 0.214. The van der Waals surface area contributed by atoms with E-state index in [9.17, 15) is 4.79 Å². The number of amides is 1. The van der Waals surface area contributed by atoms with Crippen molar-refractivity contribution in [3.63, 3.8) is 0 Å². The second kappa shape index (κ2) is 6.38. The summed E-state index contributed by atoms with van der Waals surface area (Å²) in [5.74, 6) is 0.261. The number of nitrogens with zero attached hydrogens (tertiary/aromatic N) is 3. The minimum absolute atomic E-state index is 0.0679. The summed E-state index contributed by atoms with van der Waals surface area (Å²) in [4.78, 5) is 12.1. The maximum absolute atomic E-state index is 12.1. The molecule has 102 valence electrons. The smallest absolute Gasteiger partial charge is 0.249 e. The van der Waals surface area contributed by atoms with Crippen LogP contribution in [0.15, 0.2) is 42.7 Å². The van der Waals surface area contributed by atoms with E-state index in [1.54, 1.807) is 54.3 Å². The molecule has 20 heavy (non-hydrogen) atoms. The highest BCUT2D eigenvalue weighted by molar-refractivity contribution is 5.94. The quantitative estimate of drug-likeness (QED) is 0.901. The monoisotopic (exact) mass is 270 g/mol. The molecule has 0 aliphatic carbocycles. The zero-order chi connectivity index (χ0) is 14.4. The van der Waals surface area contributed by atoms with Gasteiger partial charge < -0.3 is 10.1 Å². The Hall–Kier alpha value is -2.81. The molecule has 1 N–H and O–H groups in total. The Bertz CT molecular complexity index is 616. The van der Waals surface area contributed by atoms with Gasteiger partial charge in [0, 0.05) is 12.4 Å². The average Bonchev–Trinajstić information content (AvgIpc) is 2.99. The van der Waals surface area contributed by atoms with Crippen molar-refractivity contribution in [2.24, 2.45) is 0 Å². The van der Waals surface area contributed by atoms with E-state index >= 15 is 0 Å². The molecule has 1 amide bonds. The molecule has 0 aliphatic heterocycles. The standard InChI is InChI=1S/C14H14N4O2/c1-11(18-9-4-8-16-18)14(19)17-12-5-2-3-6-13(12)20-10-7-15/h2-6,8-9,11H,10H2,1H3,(H,17,19). The third kappa shape index (κ3) is 3.14. The second-order valence-corrected chi connectivity index (χ2v) is 4.09. The van der Waals surface area contributed by atoms with Crippen molar-refractivity contribution in [2.45, 2.75) is 13.0 Å². The van der Waals surface area contributed by atoms with Gasteiger partial charge in [-0.3, -0.25) is 9.48 Å². The van der Waals surface area contributed by atoms with Crippen LogP contribution in [-0.2, 0) is 4.79 Å². The minimum Gasteiger partial charge on any atom is -0.477 e. The first kappa shape index (κ1) is 13.6. The molecule has 0 radical (unpaired) electrons. The Balaban J connectivity index is 2.10. The van der Waals surface area contributed by atoms with E-state index in [4.69, 9.17) is 10.00 Å². The molecular weight excluding hydrogens is 256 g/mol. The number of hydrogen-bond donors (Lipinski definition) is 1. The maximum atomic E-state index is 12.1. The van der Waals surface area contributed by atoms with Gasteiger partial charge >= 0.3 is 0 Å². The summed E-state index contributed by atoms with van der Waals surface area (Å²) in [7, 11) is 0. The van der Waals surface area contributed by atoms with Gasteiger partial charge in [-0.15, -0.1) is 0 Å². The zero-order valence-corrected chi connectivity index (χ0v) is 11.0. The average molecular weight is 270 g/mol. The Morgan fingerprint density at radius 3 is 3.00 bits per heavy atom. The number of benzene rings is 1. The SMILES string of the molecule is CC(C(=O)Nc1ccccc1OCC#N)n1cccn1. The maximum Gasteiger partial charge on any atom is 0.249 e. The molecule has 1 heterocycles. The Labute approximate surface area is 116 Å². The van der Waals surface area contributed by atoms with Crippen LogP contribution < -0.4 is 10.1 Å². The van der Waals surface area contributed by atoms with Crippen LogP contribution in [0.25, 0.3) is 0 Å². The van der Waals surface area contributed by atoms with Crippen molar-refractivity contribution in [1.29, 1.82) is 5.26 Å². The van der Waals surface area contributed by atoms with Gasteiger partial charge in [0.2, 0.25) is 5.91 Å². The summed E-state index contributed by atoms with van der Waals surface area (Å²) in [6.45, 7) is 1.68. The van der Waals surface area contributed by atoms with Crippen LogP contribution in [-0.4, -0.2) is 22.3 Å². The molecule has 6 nitrogen and oxygen atoms in total. The van der Waals surface area contributed by atoms with Crippen molar-refractivity contribution in [1.82, 2.24) is 9.78 Å². The van der Waals surface area contributed by atoms with E-state index in [0.717, 1.165) is 0 Å². The molecule has 1 aromatic heterocycles. The molecular formula is C14H14N4O2. The molecule has 1 atom stereocenters. The first-order chi connectivity index (χ1) is 9.72. The fourth-order valence-electron chi connectivity index (χ4n) is 1.67. The van der Waals surface area contributed by atoms with Crippen molar-refractivity contribution in [3.05, 3.63) is 42.7 Å². The van der Waals surface area contributed by atoms with E-state index in [2.05, 4.69) is 10.4 Å². The molecule has 0 fully saturated rings. The third-order valence-electron chi connectivity index (χ3n) is 2.74. The van der Waals surface area contributed by atoms with E-state index in [1.165, 1.54) is 0 Å². The second-order valence-electron chi connectivity index (χ2n) is 4.09. The molecule has 0 saturated heterocycles. The number of anilines is 1. The first-order valence-corrected chi connectivity index (χ1v) is 6.11. The normalized spacial score (nSPS) is 11.4. The van der Waals surface area contributed by atoms with Crippen molar-refractivity contribution in [2.75, 3.05) is 11.9 Å². The lowest BCUT2D eigenvalue weighted by Crippen LogP contribution is -2.24. The van der Waals surface area contributed by atoms with Gasteiger partial charge in [-0.25, -0.2) is 0 Å². The van der Waals surface area contributed by atoms with Gasteiger partial charge in [-0.2, -0.15) is 10.4 Å². The molecule has 2 rings (SSSR count). The number of hydrogen-bond acceptors (Lipinski definition) is 4. The van der Waals surface area contributed by atoms with E-state index in [-0.39, 0.29) is 12.5 Å². The third-order valence-corrected chi connectivity index (χ3v) is 2.74. The van der Waals surface area contributed by atoms with Crippen LogP contribution in [0.4, 0.5) is 5.69 Å². The highest BCUT2D eigenvalue weighted by Crippen LogP contribution is 2.24. The molecule has 1 unspecified atom stereocenters. The summed E-state index contributed by atoms with van der Waals surface area (Å²) in [6, 6.07) is 10.2. The van der Waals surface area contributed by atoms with Crippen molar-refractivity contribution < 1.29 is 9.53 Å². The summed E-state index contributed by atoms with van der Waals surface area (Å²) in [6.07, 6.45) is 3.34. The van der Waals surface area contributed by atoms with E-state index in [1.807, 2.05) is 6.07 Å². The molecule has 2 aromatic rings. The summed E-state index contributed by atoms with van der Waals surface area (Å²) < 4.78 is 6.82. The van der Waals surface area contributed by atoms with Crippen molar-refractivity contribution in [3.8, 4) is 11.8 Å². The number of nitrogens with one attached hydrogen (secondary N) is 1. The summed E-state index contributed by atoms with van der Waals surface area (Å²) in [5, 5.41) is 15.3. The predicted molar refractivity (Wildman–Crippen MR) is 73.1 cm³/mol. The molecule has 0 aliphatic rings. The van der Waals surface area contributed by atoms with Crippen LogP contribution in [0.1, 0.15) is 13.0 Å². The molecule has 0 bridgehead atoms. The lowest BCUT2D eigenvalue weighted by Gasteiger charge is -2.14. The highest BCUT2D eigenvalue weighted by Gasteiger charge is 2.16. The van der Waals surface area contributed by atoms with Gasteiger partial charge in [0.1, 0.15) is 17.9 Å². The highest BCUT2D eigenvalue weighted by atomic mass is 16.5. The molecule has 6 heteroatoms. The Morgan fingerprint density at radius 1 is 1.50 bits per heavy atom. The minimum atomic E-state index is -0.436. The topological polar surface area (TPSA) is 79.9 Å². The Morgan fingerprint density at radius 2 is 2.30 bits per heavy atom. The van der Waals surface area contributed by atoms with Gasteiger partial charge in [0.05, 0.1) is 5.69 Å². The number of rotatable bonds is 5. The van der Waals surface area contributed by atoms with Gasteiger partial charge in [-0.1, -0.05) is 12.1 Å². The molecule has 1 aromatic carbocycles. The van der Waals surface area contributed by atoms with Crippen molar-refractivity contribution >= 4 is 11.6 Å². The molecule has 0 saturated carbocycles. The lowest BCUT2D eigenvalue weighted by molar-refractivity contribution is -0.119. The van der Waals surface area contributed by atoms with Gasteiger partial charge in [0.15, 0.2) is 6.61 Å². The summed E-state index contributed by atoms with van der Waals surface area (Å²) >= 11 is 0. The zero-order valence-electron chi connectivity index (χ0n) is 11.0. The number of carbonyl (C=O) groups excluding carboxylic acids is 1.